The van der Waals surface area contributed by atoms with Crippen LogP contribution in [0.1, 0.15) is 38.8 Å². The predicted molar refractivity (Wildman–Crippen MR) is 107 cm³/mol. The van der Waals surface area contributed by atoms with Gasteiger partial charge in [-0.25, -0.2) is 4.39 Å². The second-order valence-electron chi connectivity index (χ2n) is 8.25. The molecule has 1 heterocycles. The number of ether oxygens (including phenoxy) is 3. The molecule has 1 aliphatic rings. The topological polar surface area (TPSA) is 85.4 Å². The molecule has 160 valence electrons. The van der Waals surface area contributed by atoms with Gasteiger partial charge in [0.05, 0.1) is 17.9 Å². The average Bonchev–Trinajstić information content (AvgIpc) is 3.47. The van der Waals surface area contributed by atoms with E-state index >= 15 is 0 Å². The van der Waals surface area contributed by atoms with E-state index in [9.17, 15) is 19.1 Å². The minimum absolute atomic E-state index is 0.00565. The Balaban J connectivity index is 1.72. The SMILES string of the molecule is CC(C)C(=O)OCC1(c2ccc(OC(=O)C(C)(C)c3ccc(F)cc3)cc2O)CO1. The molecule has 0 aliphatic carbocycles. The number of carbonyl (C=O) groups excluding carboxylic acids is 2. The largest absolute Gasteiger partial charge is 0.507 e. The van der Waals surface area contributed by atoms with Gasteiger partial charge in [-0.05, 0) is 43.7 Å². The first-order chi connectivity index (χ1) is 14.0. The van der Waals surface area contributed by atoms with Gasteiger partial charge in [0.15, 0.2) is 5.60 Å². The van der Waals surface area contributed by atoms with Gasteiger partial charge in [-0.15, -0.1) is 0 Å². The van der Waals surface area contributed by atoms with Crippen LogP contribution in [0.3, 0.4) is 0 Å². The number of carbonyl (C=O) groups is 2. The van der Waals surface area contributed by atoms with Crippen molar-refractivity contribution in [2.45, 2.75) is 38.7 Å². The molecular weight excluding hydrogens is 391 g/mol. The molecule has 1 aliphatic heterocycles. The molecule has 1 unspecified atom stereocenters. The number of hydrogen-bond acceptors (Lipinski definition) is 6. The summed E-state index contributed by atoms with van der Waals surface area (Å²) in [5.74, 6) is -1.52. The van der Waals surface area contributed by atoms with E-state index in [1.165, 1.54) is 30.3 Å². The Labute approximate surface area is 174 Å². The molecule has 0 amide bonds. The Bertz CT molecular complexity index is 945. The lowest BCUT2D eigenvalue weighted by Gasteiger charge is -2.23. The summed E-state index contributed by atoms with van der Waals surface area (Å²) in [6.45, 7) is 7.12. The highest BCUT2D eigenvalue weighted by molar-refractivity contribution is 5.84. The summed E-state index contributed by atoms with van der Waals surface area (Å²) in [5, 5.41) is 10.5. The molecule has 1 saturated heterocycles. The van der Waals surface area contributed by atoms with E-state index in [-0.39, 0.29) is 30.0 Å². The number of phenols is 1. The minimum Gasteiger partial charge on any atom is -0.507 e. The molecule has 7 heteroatoms. The van der Waals surface area contributed by atoms with E-state index in [2.05, 4.69) is 0 Å². The highest BCUT2D eigenvalue weighted by Gasteiger charge is 2.50. The number of hydrogen-bond donors (Lipinski definition) is 1. The van der Waals surface area contributed by atoms with Crippen molar-refractivity contribution < 1.29 is 33.3 Å². The molecule has 1 atom stereocenters. The Morgan fingerprint density at radius 2 is 1.83 bits per heavy atom. The molecule has 6 nitrogen and oxygen atoms in total. The van der Waals surface area contributed by atoms with E-state index in [1.54, 1.807) is 39.8 Å². The van der Waals surface area contributed by atoms with E-state index in [0.29, 0.717) is 17.7 Å². The third-order valence-corrected chi connectivity index (χ3v) is 5.16. The molecule has 2 aromatic rings. The van der Waals surface area contributed by atoms with Crippen LogP contribution in [0.25, 0.3) is 0 Å². The highest BCUT2D eigenvalue weighted by atomic mass is 19.1. The van der Waals surface area contributed by atoms with Gasteiger partial charge >= 0.3 is 11.9 Å². The quantitative estimate of drug-likeness (QED) is 0.419. The van der Waals surface area contributed by atoms with Crippen LogP contribution in [-0.4, -0.2) is 30.3 Å². The van der Waals surface area contributed by atoms with Crippen molar-refractivity contribution >= 4 is 11.9 Å². The third-order valence-electron chi connectivity index (χ3n) is 5.16. The number of rotatable bonds is 7. The van der Waals surface area contributed by atoms with Crippen LogP contribution in [0.15, 0.2) is 42.5 Å². The molecule has 1 N–H and O–H groups in total. The molecule has 30 heavy (non-hydrogen) atoms. The number of aromatic hydroxyl groups is 1. The van der Waals surface area contributed by atoms with Crippen molar-refractivity contribution in [2.75, 3.05) is 13.2 Å². The lowest BCUT2D eigenvalue weighted by molar-refractivity contribution is -0.149. The Morgan fingerprint density at radius 3 is 2.37 bits per heavy atom. The fourth-order valence-corrected chi connectivity index (χ4v) is 2.94. The molecule has 0 spiro atoms. The standard InChI is InChI=1S/C23H25FO6/c1-14(2)20(26)28-12-23(13-29-23)18-10-9-17(11-19(18)25)30-21(27)22(3,4)15-5-7-16(24)8-6-15/h5-11,14,25H,12-13H2,1-4H3. The first-order valence-corrected chi connectivity index (χ1v) is 9.67. The summed E-state index contributed by atoms with van der Waals surface area (Å²) in [7, 11) is 0. The Hall–Kier alpha value is -2.93. The van der Waals surface area contributed by atoms with E-state index in [1.807, 2.05) is 0 Å². The Kier molecular flexibility index (Phi) is 5.85. The van der Waals surface area contributed by atoms with Crippen LogP contribution in [-0.2, 0) is 30.1 Å². The van der Waals surface area contributed by atoms with Gasteiger partial charge in [0.1, 0.15) is 23.9 Å². The minimum atomic E-state index is -1.02. The highest BCUT2D eigenvalue weighted by Crippen LogP contribution is 2.44. The molecule has 0 saturated carbocycles. The lowest BCUT2D eigenvalue weighted by Crippen LogP contribution is -2.33. The fourth-order valence-electron chi connectivity index (χ4n) is 2.94. The monoisotopic (exact) mass is 416 g/mol. The number of phenolic OH excluding ortho intramolecular Hbond substituents is 1. The number of esters is 2. The maximum atomic E-state index is 13.2. The van der Waals surface area contributed by atoms with E-state index in [4.69, 9.17) is 14.2 Å². The van der Waals surface area contributed by atoms with Gasteiger partial charge in [0.25, 0.3) is 0 Å². The molecule has 0 aromatic heterocycles. The van der Waals surface area contributed by atoms with Gasteiger partial charge in [-0.3, -0.25) is 9.59 Å². The average molecular weight is 416 g/mol. The maximum Gasteiger partial charge on any atom is 0.321 e. The predicted octanol–water partition coefficient (Wildman–Crippen LogP) is 3.84. The van der Waals surface area contributed by atoms with E-state index in [0.717, 1.165) is 0 Å². The van der Waals surface area contributed by atoms with Crippen molar-refractivity contribution in [1.29, 1.82) is 0 Å². The van der Waals surface area contributed by atoms with Crippen molar-refractivity contribution in [3.8, 4) is 11.5 Å². The first-order valence-electron chi connectivity index (χ1n) is 9.67. The zero-order valence-electron chi connectivity index (χ0n) is 17.4. The van der Waals surface area contributed by atoms with Crippen LogP contribution in [0.4, 0.5) is 4.39 Å². The van der Waals surface area contributed by atoms with Crippen LogP contribution in [0.5, 0.6) is 11.5 Å². The molecule has 3 rings (SSSR count). The van der Waals surface area contributed by atoms with Crippen molar-refractivity contribution in [1.82, 2.24) is 0 Å². The second-order valence-corrected chi connectivity index (χ2v) is 8.25. The second kappa shape index (κ2) is 8.07. The normalized spacial score (nSPS) is 18.2. The lowest BCUT2D eigenvalue weighted by atomic mass is 9.85. The van der Waals surface area contributed by atoms with Crippen molar-refractivity contribution in [3.63, 3.8) is 0 Å². The number of epoxide rings is 1. The molecular formula is C23H25FO6. The van der Waals surface area contributed by atoms with Crippen molar-refractivity contribution in [2.24, 2.45) is 5.92 Å². The summed E-state index contributed by atoms with van der Waals surface area (Å²) < 4.78 is 29.3. The third kappa shape index (κ3) is 4.46. The van der Waals surface area contributed by atoms with Crippen LogP contribution in [0.2, 0.25) is 0 Å². The summed E-state index contributed by atoms with van der Waals surface area (Å²) in [5.41, 5.74) is -0.845. The van der Waals surface area contributed by atoms with Gasteiger partial charge in [-0.2, -0.15) is 0 Å². The van der Waals surface area contributed by atoms with E-state index < -0.39 is 22.8 Å². The summed E-state index contributed by atoms with van der Waals surface area (Å²) >= 11 is 0. The van der Waals surface area contributed by atoms with Gasteiger partial charge < -0.3 is 19.3 Å². The first kappa shape index (κ1) is 21.8. The molecule has 0 bridgehead atoms. The van der Waals surface area contributed by atoms with Gasteiger partial charge in [-0.1, -0.05) is 26.0 Å². The zero-order chi connectivity index (χ0) is 22.1. The van der Waals surface area contributed by atoms with Crippen molar-refractivity contribution in [3.05, 3.63) is 59.4 Å². The summed E-state index contributed by atoms with van der Waals surface area (Å²) in [4.78, 5) is 24.4. The molecule has 1 fully saturated rings. The number of benzene rings is 2. The van der Waals surface area contributed by atoms with Gasteiger partial charge in [0.2, 0.25) is 0 Å². The fraction of sp³-hybridized carbons (Fsp3) is 0.391. The Morgan fingerprint density at radius 1 is 1.20 bits per heavy atom. The summed E-state index contributed by atoms with van der Waals surface area (Å²) in [6.07, 6.45) is 0. The van der Waals surface area contributed by atoms with Crippen LogP contribution < -0.4 is 4.74 Å². The summed E-state index contributed by atoms with van der Waals surface area (Å²) in [6, 6.07) is 10.1. The van der Waals surface area contributed by atoms with Crippen LogP contribution >= 0.6 is 0 Å². The van der Waals surface area contributed by atoms with Crippen LogP contribution in [0, 0.1) is 11.7 Å². The maximum absolute atomic E-state index is 13.2. The van der Waals surface area contributed by atoms with Gasteiger partial charge in [0, 0.05) is 11.6 Å². The number of halogens is 1. The molecule has 2 aromatic carbocycles. The zero-order valence-corrected chi connectivity index (χ0v) is 17.4. The molecule has 0 radical (unpaired) electrons. The smallest absolute Gasteiger partial charge is 0.321 e.